The molecule has 2 unspecified atom stereocenters. The highest BCUT2D eigenvalue weighted by molar-refractivity contribution is 4.95. The Labute approximate surface area is 128 Å². The first kappa shape index (κ1) is 17.1. The lowest BCUT2D eigenvalue weighted by Gasteiger charge is -2.40. The van der Waals surface area contributed by atoms with Gasteiger partial charge in [-0.05, 0) is 13.3 Å². The molecule has 6 heteroatoms. The minimum atomic E-state index is -0.194. The Bertz CT molecular complexity index is 309. The Hall–Kier alpha value is -0.240. The summed E-state index contributed by atoms with van der Waals surface area (Å²) >= 11 is 0. The van der Waals surface area contributed by atoms with Crippen LogP contribution in [0.4, 0.5) is 0 Å². The summed E-state index contributed by atoms with van der Waals surface area (Å²) < 4.78 is 16.2. The van der Waals surface area contributed by atoms with Crippen LogP contribution in [-0.4, -0.2) is 87.8 Å². The fourth-order valence-electron chi connectivity index (χ4n) is 3.44. The molecule has 6 nitrogen and oxygen atoms in total. The summed E-state index contributed by atoms with van der Waals surface area (Å²) in [6.07, 6.45) is 1.81. The van der Waals surface area contributed by atoms with E-state index >= 15 is 0 Å². The van der Waals surface area contributed by atoms with Crippen molar-refractivity contribution in [2.75, 3.05) is 60.2 Å². The maximum absolute atomic E-state index is 6.08. The molecule has 2 fully saturated rings. The largest absolute Gasteiger partial charge is 0.379 e. The highest BCUT2D eigenvalue weighted by Crippen LogP contribution is 2.28. The Balaban J connectivity index is 1.93. The second-order valence-corrected chi connectivity index (χ2v) is 6.34. The predicted octanol–water partition coefficient (Wildman–Crippen LogP) is 0.119. The summed E-state index contributed by atoms with van der Waals surface area (Å²) in [6, 6.07) is 0.628. The fourth-order valence-corrected chi connectivity index (χ4v) is 3.44. The van der Waals surface area contributed by atoms with Crippen molar-refractivity contribution < 1.29 is 14.2 Å². The molecule has 0 bridgehead atoms. The molecule has 2 heterocycles. The number of rotatable bonds is 7. The van der Waals surface area contributed by atoms with Gasteiger partial charge in [0.1, 0.15) is 0 Å². The molecule has 2 rings (SSSR count). The number of methoxy groups -OCH3 is 2. The van der Waals surface area contributed by atoms with Gasteiger partial charge in [-0.2, -0.15) is 0 Å². The van der Waals surface area contributed by atoms with Crippen LogP contribution in [0.25, 0.3) is 0 Å². The zero-order valence-corrected chi connectivity index (χ0v) is 13.7. The molecular formula is C15H31N3O3. The molecule has 2 atom stereocenters. The molecule has 2 aliphatic rings. The summed E-state index contributed by atoms with van der Waals surface area (Å²) in [5.74, 6) is 0. The summed E-state index contributed by atoms with van der Waals surface area (Å²) in [5, 5.41) is 0. The lowest BCUT2D eigenvalue weighted by Crippen LogP contribution is -2.54. The van der Waals surface area contributed by atoms with E-state index in [9.17, 15) is 0 Å². The third-order valence-electron chi connectivity index (χ3n) is 5.06. The zero-order chi connectivity index (χ0) is 15.3. The third kappa shape index (κ3) is 4.15. The van der Waals surface area contributed by atoms with E-state index in [-0.39, 0.29) is 11.8 Å². The standard InChI is InChI=1S/C15H31N3O3/c1-15(12-16,10-14(19-2)20-3)18-5-4-13(11-18)17-6-8-21-9-7-17/h13-14H,4-12,16H2,1-3H3. The summed E-state index contributed by atoms with van der Waals surface area (Å²) in [4.78, 5) is 5.07. The molecule has 2 N–H and O–H groups in total. The average molecular weight is 301 g/mol. The minimum Gasteiger partial charge on any atom is -0.379 e. The van der Waals surface area contributed by atoms with Gasteiger partial charge < -0.3 is 19.9 Å². The minimum absolute atomic E-state index is 0.0717. The summed E-state index contributed by atoms with van der Waals surface area (Å²) in [7, 11) is 3.37. The Kier molecular flexibility index (Phi) is 6.40. The van der Waals surface area contributed by atoms with Crippen molar-refractivity contribution in [1.29, 1.82) is 0 Å². The summed E-state index contributed by atoms with van der Waals surface area (Å²) in [6.45, 7) is 8.84. The molecule has 0 amide bonds. The Morgan fingerprint density at radius 1 is 1.24 bits per heavy atom. The molecule has 0 aromatic carbocycles. The van der Waals surface area contributed by atoms with Crippen molar-refractivity contribution in [3.63, 3.8) is 0 Å². The number of nitrogens with zero attached hydrogens (tertiary/aromatic N) is 2. The lowest BCUT2D eigenvalue weighted by molar-refractivity contribution is -0.127. The van der Waals surface area contributed by atoms with E-state index in [0.29, 0.717) is 12.6 Å². The van der Waals surface area contributed by atoms with E-state index in [1.165, 1.54) is 6.42 Å². The first-order valence-corrected chi connectivity index (χ1v) is 7.95. The first-order valence-electron chi connectivity index (χ1n) is 7.95. The van der Waals surface area contributed by atoms with E-state index in [4.69, 9.17) is 19.9 Å². The predicted molar refractivity (Wildman–Crippen MR) is 82.3 cm³/mol. The smallest absolute Gasteiger partial charge is 0.158 e. The number of hydrogen-bond acceptors (Lipinski definition) is 6. The van der Waals surface area contributed by atoms with Crippen LogP contribution in [0.1, 0.15) is 19.8 Å². The zero-order valence-electron chi connectivity index (χ0n) is 13.7. The van der Waals surface area contributed by atoms with Gasteiger partial charge in [0.15, 0.2) is 6.29 Å². The molecule has 0 spiro atoms. The van der Waals surface area contributed by atoms with Gasteiger partial charge >= 0.3 is 0 Å². The maximum atomic E-state index is 6.08. The molecule has 0 radical (unpaired) electrons. The Morgan fingerprint density at radius 2 is 1.90 bits per heavy atom. The molecule has 21 heavy (non-hydrogen) atoms. The molecular weight excluding hydrogens is 270 g/mol. The fraction of sp³-hybridized carbons (Fsp3) is 1.00. The number of hydrogen-bond donors (Lipinski definition) is 1. The first-order chi connectivity index (χ1) is 10.1. The SMILES string of the molecule is COC(CC(C)(CN)N1CCC(N2CCOCC2)C1)OC. The van der Waals surface area contributed by atoms with Gasteiger partial charge in [-0.3, -0.25) is 9.80 Å². The second-order valence-electron chi connectivity index (χ2n) is 6.34. The third-order valence-corrected chi connectivity index (χ3v) is 5.06. The van der Waals surface area contributed by atoms with Gasteiger partial charge in [-0.25, -0.2) is 0 Å². The van der Waals surface area contributed by atoms with Gasteiger partial charge in [0, 0.05) is 64.9 Å². The van der Waals surface area contributed by atoms with Crippen molar-refractivity contribution in [3.05, 3.63) is 0 Å². The molecule has 0 aromatic rings. The maximum Gasteiger partial charge on any atom is 0.158 e. The molecule has 0 aliphatic carbocycles. The number of morpholine rings is 1. The van der Waals surface area contributed by atoms with Gasteiger partial charge in [0.05, 0.1) is 13.2 Å². The lowest BCUT2D eigenvalue weighted by atomic mass is 9.95. The van der Waals surface area contributed by atoms with Gasteiger partial charge in [0.25, 0.3) is 0 Å². The van der Waals surface area contributed by atoms with Crippen molar-refractivity contribution in [2.45, 2.75) is 37.6 Å². The molecule has 0 saturated carbocycles. The topological polar surface area (TPSA) is 60.2 Å². The van der Waals surface area contributed by atoms with Crippen molar-refractivity contribution >= 4 is 0 Å². The summed E-state index contributed by atoms with van der Waals surface area (Å²) in [5.41, 5.74) is 6.01. The van der Waals surface area contributed by atoms with Crippen LogP contribution >= 0.6 is 0 Å². The highest BCUT2D eigenvalue weighted by atomic mass is 16.7. The van der Waals surface area contributed by atoms with E-state index in [2.05, 4.69) is 16.7 Å². The van der Waals surface area contributed by atoms with E-state index in [1.807, 2.05) is 0 Å². The molecule has 124 valence electrons. The quantitative estimate of drug-likeness (QED) is 0.674. The molecule has 2 aliphatic heterocycles. The van der Waals surface area contributed by atoms with Crippen LogP contribution in [0.3, 0.4) is 0 Å². The number of likely N-dealkylation sites (tertiary alicyclic amines) is 1. The molecule has 0 aromatic heterocycles. The van der Waals surface area contributed by atoms with Gasteiger partial charge in [-0.15, -0.1) is 0 Å². The van der Waals surface area contributed by atoms with E-state index < -0.39 is 0 Å². The van der Waals surface area contributed by atoms with Crippen molar-refractivity contribution in [1.82, 2.24) is 9.80 Å². The number of ether oxygens (including phenoxy) is 3. The van der Waals surface area contributed by atoms with Gasteiger partial charge in [0.2, 0.25) is 0 Å². The van der Waals surface area contributed by atoms with Crippen LogP contribution in [0.5, 0.6) is 0 Å². The second kappa shape index (κ2) is 7.85. The van der Waals surface area contributed by atoms with Crippen LogP contribution in [-0.2, 0) is 14.2 Å². The Morgan fingerprint density at radius 3 is 2.48 bits per heavy atom. The van der Waals surface area contributed by atoms with Crippen molar-refractivity contribution in [3.8, 4) is 0 Å². The van der Waals surface area contributed by atoms with E-state index in [0.717, 1.165) is 45.8 Å². The van der Waals surface area contributed by atoms with Crippen LogP contribution in [0, 0.1) is 0 Å². The van der Waals surface area contributed by atoms with Crippen LogP contribution < -0.4 is 5.73 Å². The van der Waals surface area contributed by atoms with Crippen LogP contribution in [0.15, 0.2) is 0 Å². The van der Waals surface area contributed by atoms with Crippen LogP contribution in [0.2, 0.25) is 0 Å². The highest BCUT2D eigenvalue weighted by Gasteiger charge is 2.39. The van der Waals surface area contributed by atoms with Crippen molar-refractivity contribution in [2.24, 2.45) is 5.73 Å². The monoisotopic (exact) mass is 301 g/mol. The number of nitrogens with two attached hydrogens (primary N) is 1. The normalized spacial score (nSPS) is 28.1. The van der Waals surface area contributed by atoms with E-state index in [1.54, 1.807) is 14.2 Å². The average Bonchev–Trinajstić information content (AvgIpc) is 3.04. The molecule has 2 saturated heterocycles. The van der Waals surface area contributed by atoms with Gasteiger partial charge in [-0.1, -0.05) is 0 Å².